The van der Waals surface area contributed by atoms with E-state index in [1.807, 2.05) is 6.92 Å². The third-order valence-electron chi connectivity index (χ3n) is 4.70. The van der Waals surface area contributed by atoms with Crippen LogP contribution in [0.5, 0.6) is 0 Å². The molecule has 0 aromatic rings. The van der Waals surface area contributed by atoms with E-state index in [0.717, 1.165) is 19.4 Å². The molecule has 0 radical (unpaired) electrons. The summed E-state index contributed by atoms with van der Waals surface area (Å²) in [5.74, 6) is 0.488. The van der Waals surface area contributed by atoms with Crippen molar-refractivity contribution in [2.45, 2.75) is 77.4 Å². The molecule has 21 heavy (non-hydrogen) atoms. The molecule has 1 N–H and O–H groups in total. The minimum atomic E-state index is -0.638. The Kier molecular flexibility index (Phi) is 8.27. The third-order valence-corrected chi connectivity index (χ3v) is 4.70. The summed E-state index contributed by atoms with van der Waals surface area (Å²) in [6.45, 7) is 7.68. The topological polar surface area (TPSA) is 47.6 Å². The van der Waals surface area contributed by atoms with Gasteiger partial charge in [-0.15, -0.1) is 0 Å². The molecule has 4 heteroatoms. The molecule has 0 saturated heterocycles. The van der Waals surface area contributed by atoms with Crippen molar-refractivity contribution in [3.63, 3.8) is 0 Å². The van der Waals surface area contributed by atoms with Gasteiger partial charge in [0.1, 0.15) is 5.54 Å². The van der Waals surface area contributed by atoms with Crippen LogP contribution in [0.15, 0.2) is 0 Å². The number of carbonyl (C=O) groups is 1. The van der Waals surface area contributed by atoms with Crippen LogP contribution < -0.4 is 5.32 Å². The lowest BCUT2D eigenvalue weighted by atomic mass is 9.84. The maximum Gasteiger partial charge on any atom is 0.325 e. The fourth-order valence-electron chi connectivity index (χ4n) is 3.16. The first kappa shape index (κ1) is 18.4. The Bertz CT molecular complexity index is 308. The molecule has 1 saturated carbocycles. The van der Waals surface area contributed by atoms with E-state index < -0.39 is 5.54 Å². The normalized spacial score (nSPS) is 25.3. The van der Waals surface area contributed by atoms with E-state index in [1.165, 1.54) is 32.8 Å². The number of rotatable bonds is 9. The Morgan fingerprint density at radius 1 is 1.29 bits per heavy atom. The van der Waals surface area contributed by atoms with Crippen molar-refractivity contribution in [1.29, 1.82) is 0 Å². The molecule has 0 aromatic heterocycles. The van der Waals surface area contributed by atoms with Crippen molar-refractivity contribution in [3.8, 4) is 0 Å². The lowest BCUT2D eigenvalue weighted by Crippen LogP contribution is -2.51. The summed E-state index contributed by atoms with van der Waals surface area (Å²) in [5, 5.41) is 3.30. The molecule has 4 nitrogen and oxygen atoms in total. The molecule has 0 heterocycles. The average Bonchev–Trinajstić information content (AvgIpc) is 2.52. The van der Waals surface area contributed by atoms with Crippen LogP contribution in [-0.2, 0) is 14.3 Å². The van der Waals surface area contributed by atoms with Gasteiger partial charge >= 0.3 is 5.97 Å². The highest BCUT2D eigenvalue weighted by atomic mass is 16.5. The predicted octanol–water partition coefficient (Wildman–Crippen LogP) is 3.29. The van der Waals surface area contributed by atoms with Gasteiger partial charge in [0.05, 0.1) is 13.2 Å². The van der Waals surface area contributed by atoms with Crippen LogP contribution in [0.1, 0.15) is 65.7 Å². The molecule has 124 valence electrons. The zero-order valence-corrected chi connectivity index (χ0v) is 14.2. The molecule has 1 aliphatic carbocycles. The van der Waals surface area contributed by atoms with E-state index in [9.17, 15) is 4.79 Å². The second-order valence-corrected chi connectivity index (χ2v) is 6.36. The average molecular weight is 299 g/mol. The minimum absolute atomic E-state index is 0.199. The Labute approximate surface area is 130 Å². The summed E-state index contributed by atoms with van der Waals surface area (Å²) in [5.41, 5.74) is -0.638. The number of carbonyl (C=O) groups excluding carboxylic acids is 1. The van der Waals surface area contributed by atoms with Gasteiger partial charge in [-0.25, -0.2) is 0 Å². The zero-order chi connectivity index (χ0) is 15.7. The Balaban J connectivity index is 2.46. The second kappa shape index (κ2) is 9.42. The molecule has 1 aliphatic rings. The second-order valence-electron chi connectivity index (χ2n) is 6.36. The maximum atomic E-state index is 12.0. The number of ether oxygens (including phenoxy) is 2. The summed E-state index contributed by atoms with van der Waals surface area (Å²) in [4.78, 5) is 12.0. The number of hydrogen-bond donors (Lipinski definition) is 1. The van der Waals surface area contributed by atoms with Gasteiger partial charge in [-0.1, -0.05) is 33.1 Å². The summed E-state index contributed by atoms with van der Waals surface area (Å²) in [6, 6.07) is 0. The van der Waals surface area contributed by atoms with Crippen molar-refractivity contribution in [1.82, 2.24) is 5.32 Å². The first-order chi connectivity index (χ1) is 10.1. The molecular formula is C17H33NO3. The van der Waals surface area contributed by atoms with Crippen molar-refractivity contribution in [3.05, 3.63) is 0 Å². The lowest BCUT2D eigenvalue weighted by Gasteiger charge is -2.33. The Morgan fingerprint density at radius 2 is 2.00 bits per heavy atom. The molecule has 1 rings (SSSR count). The quantitative estimate of drug-likeness (QED) is 0.664. The Hall–Kier alpha value is -0.610. The summed E-state index contributed by atoms with van der Waals surface area (Å²) in [7, 11) is 1.45. The van der Waals surface area contributed by atoms with Crippen molar-refractivity contribution >= 4 is 5.97 Å². The van der Waals surface area contributed by atoms with Gasteiger partial charge < -0.3 is 14.8 Å². The zero-order valence-electron chi connectivity index (χ0n) is 14.2. The number of nitrogens with one attached hydrogen (secondary N) is 1. The molecule has 0 amide bonds. The smallest absolute Gasteiger partial charge is 0.325 e. The largest absolute Gasteiger partial charge is 0.468 e. The van der Waals surface area contributed by atoms with Gasteiger partial charge in [-0.2, -0.15) is 0 Å². The van der Waals surface area contributed by atoms with Crippen molar-refractivity contribution in [2.75, 3.05) is 20.3 Å². The van der Waals surface area contributed by atoms with E-state index in [4.69, 9.17) is 9.47 Å². The van der Waals surface area contributed by atoms with Gasteiger partial charge in [0.15, 0.2) is 0 Å². The highest BCUT2D eigenvalue weighted by Crippen LogP contribution is 2.29. The molecular weight excluding hydrogens is 266 g/mol. The van der Waals surface area contributed by atoms with Crippen molar-refractivity contribution in [2.24, 2.45) is 5.92 Å². The number of hydrogen-bond acceptors (Lipinski definition) is 4. The molecule has 1 fully saturated rings. The van der Waals surface area contributed by atoms with Crippen LogP contribution >= 0.6 is 0 Å². The van der Waals surface area contributed by atoms with Crippen LogP contribution in [0.4, 0.5) is 0 Å². The minimum Gasteiger partial charge on any atom is -0.468 e. The number of esters is 1. The van der Waals surface area contributed by atoms with Gasteiger partial charge in [0.2, 0.25) is 0 Å². The molecule has 3 atom stereocenters. The van der Waals surface area contributed by atoms with Crippen molar-refractivity contribution < 1.29 is 14.3 Å². The monoisotopic (exact) mass is 299 g/mol. The molecule has 3 unspecified atom stereocenters. The highest BCUT2D eigenvalue weighted by Gasteiger charge is 2.34. The molecule has 0 bridgehead atoms. The van der Waals surface area contributed by atoms with Crippen LogP contribution in [-0.4, -0.2) is 37.9 Å². The number of methoxy groups -OCH3 is 1. The summed E-state index contributed by atoms with van der Waals surface area (Å²) < 4.78 is 11.0. The fraction of sp³-hybridized carbons (Fsp3) is 0.941. The highest BCUT2D eigenvalue weighted by molar-refractivity contribution is 5.80. The van der Waals surface area contributed by atoms with Crippen LogP contribution in [0.2, 0.25) is 0 Å². The molecule has 0 aromatic carbocycles. The van der Waals surface area contributed by atoms with E-state index in [1.54, 1.807) is 0 Å². The van der Waals surface area contributed by atoms with Gasteiger partial charge in [-0.05, 0) is 45.1 Å². The first-order valence-corrected chi connectivity index (χ1v) is 8.52. The van der Waals surface area contributed by atoms with E-state index in [2.05, 4.69) is 19.2 Å². The first-order valence-electron chi connectivity index (χ1n) is 8.52. The van der Waals surface area contributed by atoms with Gasteiger partial charge in [0, 0.05) is 6.61 Å². The summed E-state index contributed by atoms with van der Waals surface area (Å²) in [6.07, 6.45) is 8.25. The van der Waals surface area contributed by atoms with Crippen LogP contribution in [0.25, 0.3) is 0 Å². The lowest BCUT2D eigenvalue weighted by molar-refractivity contribution is -0.149. The standard InChI is InChI=1S/C17H33NO3/c1-5-12-18-17(3,16(19)20-4)11-13-21-15-10-8-7-9-14(15)6-2/h14-15,18H,5-13H2,1-4H3. The van der Waals surface area contributed by atoms with Crippen LogP contribution in [0, 0.1) is 5.92 Å². The Morgan fingerprint density at radius 3 is 2.62 bits per heavy atom. The SMILES string of the molecule is CCCNC(C)(CCOC1CCCCC1CC)C(=O)OC. The van der Waals surface area contributed by atoms with Crippen LogP contribution in [0.3, 0.4) is 0 Å². The van der Waals surface area contributed by atoms with Gasteiger partial charge in [-0.3, -0.25) is 4.79 Å². The van der Waals surface area contributed by atoms with E-state index >= 15 is 0 Å². The van der Waals surface area contributed by atoms with Gasteiger partial charge in [0.25, 0.3) is 0 Å². The molecule has 0 aliphatic heterocycles. The third kappa shape index (κ3) is 5.59. The maximum absolute atomic E-state index is 12.0. The van der Waals surface area contributed by atoms with E-state index in [0.29, 0.717) is 25.0 Å². The summed E-state index contributed by atoms with van der Waals surface area (Å²) >= 11 is 0. The predicted molar refractivity (Wildman–Crippen MR) is 85.3 cm³/mol. The molecule has 0 spiro atoms. The van der Waals surface area contributed by atoms with E-state index in [-0.39, 0.29) is 5.97 Å². The fourth-order valence-corrected chi connectivity index (χ4v) is 3.16.